The minimum absolute atomic E-state index is 0.0357. The zero-order valence-electron chi connectivity index (χ0n) is 12.6. The van der Waals surface area contributed by atoms with E-state index in [1.807, 2.05) is 0 Å². The highest BCUT2D eigenvalue weighted by Gasteiger charge is 2.59. The number of hydrogen-bond donors (Lipinski definition) is 0. The van der Waals surface area contributed by atoms with E-state index in [1.165, 1.54) is 6.42 Å². The third-order valence-electron chi connectivity index (χ3n) is 5.70. The zero-order valence-corrected chi connectivity index (χ0v) is 12.6. The van der Waals surface area contributed by atoms with E-state index in [-0.39, 0.29) is 48.1 Å². The van der Waals surface area contributed by atoms with Crippen LogP contribution in [0.2, 0.25) is 0 Å². The van der Waals surface area contributed by atoms with Crippen molar-refractivity contribution in [3.05, 3.63) is 12.2 Å². The molecular weight excluding hydrogens is 282 g/mol. The van der Waals surface area contributed by atoms with Crippen molar-refractivity contribution in [3.8, 4) is 0 Å². The third kappa shape index (κ3) is 2.09. The molecule has 5 nitrogen and oxygen atoms in total. The number of nitrogens with zero attached hydrogens (tertiary/aromatic N) is 1. The Balaban J connectivity index is 1.40. The third-order valence-corrected chi connectivity index (χ3v) is 5.70. The fourth-order valence-corrected chi connectivity index (χ4v) is 4.66. The molecule has 1 heterocycles. The van der Waals surface area contributed by atoms with Gasteiger partial charge in [-0.2, -0.15) is 0 Å². The standard InChI is InChI=1S/C17H21NO4/c19-13(22-12-4-2-1-3-5-12)9-18-16(20)14-10-6-7-11(8-10)15(14)17(18)21/h6-7,10-12,14-15H,1-5,8-9H2. The van der Waals surface area contributed by atoms with E-state index in [2.05, 4.69) is 12.2 Å². The summed E-state index contributed by atoms with van der Waals surface area (Å²) >= 11 is 0. The van der Waals surface area contributed by atoms with Crippen molar-refractivity contribution in [1.29, 1.82) is 0 Å². The predicted octanol–water partition coefficient (Wildman–Crippen LogP) is 1.67. The first-order valence-corrected chi connectivity index (χ1v) is 8.38. The molecule has 0 spiro atoms. The zero-order chi connectivity index (χ0) is 15.3. The molecule has 2 saturated carbocycles. The van der Waals surface area contributed by atoms with Gasteiger partial charge < -0.3 is 4.74 Å². The molecule has 4 rings (SSSR count). The van der Waals surface area contributed by atoms with Crippen LogP contribution in [0.1, 0.15) is 38.5 Å². The number of ether oxygens (including phenoxy) is 1. The van der Waals surface area contributed by atoms with E-state index in [4.69, 9.17) is 4.74 Å². The first-order valence-electron chi connectivity index (χ1n) is 8.38. The maximum absolute atomic E-state index is 12.5. The number of carbonyl (C=O) groups is 3. The molecule has 3 aliphatic carbocycles. The number of rotatable bonds is 3. The Morgan fingerprint density at radius 2 is 1.64 bits per heavy atom. The first-order chi connectivity index (χ1) is 10.6. The van der Waals surface area contributed by atoms with Gasteiger partial charge in [-0.3, -0.25) is 19.3 Å². The molecule has 0 radical (unpaired) electrons. The summed E-state index contributed by atoms with van der Waals surface area (Å²) in [5.41, 5.74) is 0. The van der Waals surface area contributed by atoms with E-state index in [1.54, 1.807) is 0 Å². The number of amides is 2. The Labute approximate surface area is 129 Å². The molecule has 3 fully saturated rings. The molecule has 4 aliphatic rings. The van der Waals surface area contributed by atoms with Crippen molar-refractivity contribution in [2.24, 2.45) is 23.7 Å². The molecule has 2 amide bonds. The van der Waals surface area contributed by atoms with Gasteiger partial charge in [-0.05, 0) is 43.9 Å². The van der Waals surface area contributed by atoms with E-state index in [0.717, 1.165) is 37.0 Å². The predicted molar refractivity (Wildman–Crippen MR) is 77.4 cm³/mol. The van der Waals surface area contributed by atoms with Crippen LogP contribution in [0.15, 0.2) is 12.2 Å². The second-order valence-electron chi connectivity index (χ2n) is 7.01. The molecule has 4 unspecified atom stereocenters. The topological polar surface area (TPSA) is 63.7 Å². The highest BCUT2D eigenvalue weighted by Crippen LogP contribution is 2.52. The summed E-state index contributed by atoms with van der Waals surface area (Å²) in [4.78, 5) is 38.2. The van der Waals surface area contributed by atoms with Crippen molar-refractivity contribution in [2.75, 3.05) is 6.54 Å². The Hall–Kier alpha value is -1.65. The van der Waals surface area contributed by atoms with Gasteiger partial charge in [-0.1, -0.05) is 18.6 Å². The molecule has 1 aliphatic heterocycles. The van der Waals surface area contributed by atoms with Crippen LogP contribution in [0, 0.1) is 23.7 Å². The van der Waals surface area contributed by atoms with Gasteiger partial charge in [-0.25, -0.2) is 0 Å². The number of carbonyl (C=O) groups excluding carboxylic acids is 3. The van der Waals surface area contributed by atoms with Crippen molar-refractivity contribution in [3.63, 3.8) is 0 Å². The number of likely N-dealkylation sites (tertiary alicyclic amines) is 1. The van der Waals surface area contributed by atoms with Crippen LogP contribution in [-0.2, 0) is 19.1 Å². The molecule has 4 atom stereocenters. The number of esters is 1. The second-order valence-corrected chi connectivity index (χ2v) is 7.01. The fraction of sp³-hybridized carbons (Fsp3) is 0.706. The maximum Gasteiger partial charge on any atom is 0.326 e. The molecule has 118 valence electrons. The number of allylic oxidation sites excluding steroid dienone is 2. The van der Waals surface area contributed by atoms with Gasteiger partial charge in [0.25, 0.3) is 0 Å². The normalized spacial score (nSPS) is 37.0. The SMILES string of the molecule is O=C(CN1C(=O)C2C3C=CC(C3)C2C1=O)OC1CCCCC1. The van der Waals surface area contributed by atoms with Crippen molar-refractivity contribution in [2.45, 2.75) is 44.6 Å². The average molecular weight is 303 g/mol. The number of imide groups is 1. The molecule has 0 aromatic rings. The van der Waals surface area contributed by atoms with Gasteiger partial charge in [0.15, 0.2) is 0 Å². The average Bonchev–Trinajstić information content (AvgIpc) is 3.18. The lowest BCUT2D eigenvalue weighted by Crippen LogP contribution is -2.39. The quantitative estimate of drug-likeness (QED) is 0.452. The lowest BCUT2D eigenvalue weighted by Gasteiger charge is -2.23. The molecule has 0 aromatic carbocycles. The first kappa shape index (κ1) is 14.0. The van der Waals surface area contributed by atoms with Gasteiger partial charge in [0, 0.05) is 0 Å². The molecule has 0 N–H and O–H groups in total. The summed E-state index contributed by atoms with van der Waals surface area (Å²) in [6.45, 7) is -0.208. The number of hydrogen-bond acceptors (Lipinski definition) is 4. The van der Waals surface area contributed by atoms with Crippen LogP contribution in [0.5, 0.6) is 0 Å². The summed E-state index contributed by atoms with van der Waals surface area (Å²) in [5.74, 6) is -0.875. The number of fused-ring (bicyclic) bond motifs is 5. The van der Waals surface area contributed by atoms with Gasteiger partial charge in [0.1, 0.15) is 12.6 Å². The van der Waals surface area contributed by atoms with Crippen LogP contribution >= 0.6 is 0 Å². The lowest BCUT2D eigenvalue weighted by molar-refractivity contribution is -0.158. The van der Waals surface area contributed by atoms with E-state index >= 15 is 0 Å². The lowest BCUT2D eigenvalue weighted by atomic mass is 9.85. The van der Waals surface area contributed by atoms with Gasteiger partial charge in [0.05, 0.1) is 11.8 Å². The van der Waals surface area contributed by atoms with Crippen LogP contribution in [0.25, 0.3) is 0 Å². The highest BCUT2D eigenvalue weighted by molar-refractivity contribution is 6.08. The molecule has 22 heavy (non-hydrogen) atoms. The van der Waals surface area contributed by atoms with E-state index in [0.29, 0.717) is 0 Å². The largest absolute Gasteiger partial charge is 0.461 e. The Morgan fingerprint density at radius 3 is 2.23 bits per heavy atom. The Bertz CT molecular complexity index is 519. The molecule has 1 saturated heterocycles. The van der Waals surface area contributed by atoms with Crippen molar-refractivity contribution >= 4 is 17.8 Å². The van der Waals surface area contributed by atoms with Crippen molar-refractivity contribution in [1.82, 2.24) is 4.90 Å². The van der Waals surface area contributed by atoms with Crippen LogP contribution in [0.4, 0.5) is 0 Å². The van der Waals surface area contributed by atoms with Crippen LogP contribution in [0.3, 0.4) is 0 Å². The minimum atomic E-state index is -0.436. The highest BCUT2D eigenvalue weighted by atomic mass is 16.5. The van der Waals surface area contributed by atoms with Crippen LogP contribution < -0.4 is 0 Å². The summed E-state index contributed by atoms with van der Waals surface area (Å²) in [5, 5.41) is 0. The smallest absolute Gasteiger partial charge is 0.326 e. The van der Waals surface area contributed by atoms with E-state index in [9.17, 15) is 14.4 Å². The molecular formula is C17H21NO4. The van der Waals surface area contributed by atoms with Crippen molar-refractivity contribution < 1.29 is 19.1 Å². The summed E-state index contributed by atoms with van der Waals surface area (Å²) in [6, 6.07) is 0. The van der Waals surface area contributed by atoms with E-state index < -0.39 is 5.97 Å². The second kappa shape index (κ2) is 5.21. The Kier molecular flexibility index (Phi) is 3.31. The summed E-state index contributed by atoms with van der Waals surface area (Å²) in [6.07, 6.45) is 10.1. The van der Waals surface area contributed by atoms with Gasteiger partial charge >= 0.3 is 5.97 Å². The molecule has 2 bridgehead atoms. The summed E-state index contributed by atoms with van der Waals surface area (Å²) in [7, 11) is 0. The van der Waals surface area contributed by atoms with Gasteiger partial charge in [0.2, 0.25) is 11.8 Å². The maximum atomic E-state index is 12.5. The monoisotopic (exact) mass is 303 g/mol. The molecule has 5 heteroatoms. The summed E-state index contributed by atoms with van der Waals surface area (Å²) < 4.78 is 5.44. The van der Waals surface area contributed by atoms with Gasteiger partial charge in [-0.15, -0.1) is 0 Å². The van der Waals surface area contributed by atoms with Crippen LogP contribution in [-0.4, -0.2) is 35.3 Å². The minimum Gasteiger partial charge on any atom is -0.461 e. The molecule has 0 aromatic heterocycles. The Morgan fingerprint density at radius 1 is 1.05 bits per heavy atom. The fourth-order valence-electron chi connectivity index (χ4n) is 4.66.